The van der Waals surface area contributed by atoms with Gasteiger partial charge in [0.2, 0.25) is 4.91 Å². The quantitative estimate of drug-likeness (QED) is 0.508. The lowest BCUT2D eigenvalue weighted by molar-refractivity contribution is 0.237. The molecule has 16 heavy (non-hydrogen) atoms. The van der Waals surface area contributed by atoms with E-state index in [1.54, 1.807) is 7.05 Å². The van der Waals surface area contributed by atoms with E-state index in [9.17, 15) is 9.66 Å². The Labute approximate surface area is 98.0 Å². The number of aliphatic hydroxyl groups excluding tert-OH is 1. The summed E-state index contributed by atoms with van der Waals surface area (Å²) in [5.41, 5.74) is 0.183. The summed E-state index contributed by atoms with van der Waals surface area (Å²) in [6.45, 7) is 0.0748. The van der Waals surface area contributed by atoms with Crippen molar-refractivity contribution in [3.05, 3.63) is 10.7 Å². The molecule has 1 saturated heterocycles. The average molecular weight is 243 g/mol. The standard InChI is InChI=1S/C10H17N3O2S/c1-12-9(13-10(6-14)3-4-10)8-7(11)2-5-16(8)15/h11-14H,2-6H2,1H3/b9-8-,11-7?. The first-order chi connectivity index (χ1) is 7.62. The first-order valence-corrected chi connectivity index (χ1v) is 6.71. The van der Waals surface area contributed by atoms with E-state index in [0.29, 0.717) is 28.6 Å². The van der Waals surface area contributed by atoms with Crippen molar-refractivity contribution >= 4 is 16.9 Å². The first-order valence-electron chi connectivity index (χ1n) is 5.39. The third-order valence-corrected chi connectivity index (χ3v) is 4.54. The van der Waals surface area contributed by atoms with Crippen molar-refractivity contribution in [2.24, 2.45) is 0 Å². The van der Waals surface area contributed by atoms with Gasteiger partial charge in [-0.05, 0) is 24.0 Å². The second-order valence-corrected chi connectivity index (χ2v) is 5.80. The maximum atomic E-state index is 11.7. The lowest BCUT2D eigenvalue weighted by atomic mass is 10.2. The Morgan fingerprint density at radius 1 is 1.62 bits per heavy atom. The Morgan fingerprint density at radius 3 is 2.69 bits per heavy atom. The zero-order valence-electron chi connectivity index (χ0n) is 9.30. The molecule has 0 bridgehead atoms. The molecule has 0 amide bonds. The van der Waals surface area contributed by atoms with Crippen molar-refractivity contribution in [1.82, 2.24) is 10.6 Å². The number of aliphatic hydroxyl groups is 1. The molecule has 2 fully saturated rings. The van der Waals surface area contributed by atoms with Gasteiger partial charge >= 0.3 is 0 Å². The van der Waals surface area contributed by atoms with Crippen molar-refractivity contribution < 1.29 is 9.66 Å². The number of nitrogens with one attached hydrogen (secondary N) is 3. The Balaban J connectivity index is 2.20. The van der Waals surface area contributed by atoms with E-state index in [-0.39, 0.29) is 12.1 Å². The van der Waals surface area contributed by atoms with Crippen molar-refractivity contribution in [3.63, 3.8) is 0 Å². The van der Waals surface area contributed by atoms with E-state index < -0.39 is 11.2 Å². The molecule has 6 heteroatoms. The summed E-state index contributed by atoms with van der Waals surface area (Å²) in [6.07, 6.45) is 2.41. The van der Waals surface area contributed by atoms with Crippen molar-refractivity contribution in [2.75, 3.05) is 19.4 Å². The molecule has 0 aromatic heterocycles. The zero-order chi connectivity index (χ0) is 11.8. The summed E-state index contributed by atoms with van der Waals surface area (Å²) in [6, 6.07) is 0. The van der Waals surface area contributed by atoms with Gasteiger partial charge in [0.25, 0.3) is 0 Å². The molecule has 90 valence electrons. The topological polar surface area (TPSA) is 91.2 Å². The molecule has 0 aromatic rings. The molecular weight excluding hydrogens is 226 g/mol. The summed E-state index contributed by atoms with van der Waals surface area (Å²) >= 11 is -1.08. The average Bonchev–Trinajstić information content (AvgIpc) is 2.98. The van der Waals surface area contributed by atoms with Gasteiger partial charge in [0.1, 0.15) is 5.75 Å². The second-order valence-electron chi connectivity index (χ2n) is 4.30. The van der Waals surface area contributed by atoms with Crippen LogP contribution >= 0.6 is 0 Å². The van der Waals surface area contributed by atoms with E-state index >= 15 is 0 Å². The fourth-order valence-corrected chi connectivity index (χ4v) is 3.14. The van der Waals surface area contributed by atoms with Crippen LogP contribution in [0.15, 0.2) is 10.7 Å². The van der Waals surface area contributed by atoms with Crippen molar-refractivity contribution in [1.29, 1.82) is 5.41 Å². The number of hydrogen-bond donors (Lipinski definition) is 4. The van der Waals surface area contributed by atoms with Gasteiger partial charge in [0.15, 0.2) is 5.82 Å². The number of hydrogen-bond acceptors (Lipinski definition) is 5. The van der Waals surface area contributed by atoms with Crippen LogP contribution in [-0.2, 0) is 11.2 Å². The van der Waals surface area contributed by atoms with E-state index in [4.69, 9.17) is 5.41 Å². The number of rotatable bonds is 4. The Kier molecular flexibility index (Phi) is 3.14. The van der Waals surface area contributed by atoms with Crippen LogP contribution in [-0.4, -0.2) is 40.3 Å². The molecule has 2 rings (SSSR count). The summed E-state index contributed by atoms with van der Waals surface area (Å²) < 4.78 is 11.7. The smallest absolute Gasteiger partial charge is 0.213 e. The number of allylic oxidation sites excluding steroid dienone is 1. The Morgan fingerprint density at radius 2 is 2.31 bits per heavy atom. The summed E-state index contributed by atoms with van der Waals surface area (Å²) in [5, 5.41) is 23.1. The van der Waals surface area contributed by atoms with Crippen LogP contribution in [0.25, 0.3) is 0 Å². The molecule has 4 N–H and O–H groups in total. The fraction of sp³-hybridized carbons (Fsp3) is 0.700. The van der Waals surface area contributed by atoms with Gasteiger partial charge in [-0.25, -0.2) is 0 Å². The zero-order valence-corrected chi connectivity index (χ0v) is 10.1. The van der Waals surface area contributed by atoms with E-state index in [1.807, 2.05) is 0 Å². The third-order valence-electron chi connectivity index (χ3n) is 3.06. The monoisotopic (exact) mass is 243 g/mol. The second kappa shape index (κ2) is 4.27. The highest BCUT2D eigenvalue weighted by Gasteiger charge is 2.44. The highest BCUT2D eigenvalue weighted by Crippen LogP contribution is 2.36. The molecule has 1 atom stereocenters. The minimum absolute atomic E-state index is 0.0748. The molecule has 0 radical (unpaired) electrons. The SMILES string of the molecule is CN/C(NC1(CO)CC1)=C1\C(=N)CC[S+]1[O-]. The van der Waals surface area contributed by atoms with Gasteiger partial charge in [-0.2, -0.15) is 0 Å². The molecule has 1 unspecified atom stereocenters. The lowest BCUT2D eigenvalue weighted by Crippen LogP contribution is -2.40. The summed E-state index contributed by atoms with van der Waals surface area (Å²) in [4.78, 5) is 0.572. The lowest BCUT2D eigenvalue weighted by Gasteiger charge is -2.20. The molecule has 0 aromatic carbocycles. The summed E-state index contributed by atoms with van der Waals surface area (Å²) in [7, 11) is 1.74. The maximum Gasteiger partial charge on any atom is 0.213 e. The largest absolute Gasteiger partial charge is 0.611 e. The Bertz CT molecular complexity index is 339. The van der Waals surface area contributed by atoms with Crippen LogP contribution in [0.5, 0.6) is 0 Å². The molecule has 0 spiro atoms. The summed E-state index contributed by atoms with van der Waals surface area (Å²) in [5.74, 6) is 1.18. The highest BCUT2D eigenvalue weighted by molar-refractivity contribution is 7.96. The van der Waals surface area contributed by atoms with Gasteiger partial charge in [-0.15, -0.1) is 0 Å². The highest BCUT2D eigenvalue weighted by atomic mass is 32.2. The fourth-order valence-electron chi connectivity index (χ4n) is 1.78. The predicted molar refractivity (Wildman–Crippen MR) is 63.6 cm³/mol. The van der Waals surface area contributed by atoms with Crippen LogP contribution in [0.4, 0.5) is 0 Å². The van der Waals surface area contributed by atoms with Crippen molar-refractivity contribution in [2.45, 2.75) is 24.8 Å². The van der Waals surface area contributed by atoms with Crippen LogP contribution in [0.2, 0.25) is 0 Å². The van der Waals surface area contributed by atoms with Crippen molar-refractivity contribution in [3.8, 4) is 0 Å². The van der Waals surface area contributed by atoms with Crippen LogP contribution in [0.3, 0.4) is 0 Å². The van der Waals surface area contributed by atoms with E-state index in [1.165, 1.54) is 0 Å². The molecule has 2 aliphatic rings. The normalized spacial score (nSPS) is 30.2. The van der Waals surface area contributed by atoms with Gasteiger partial charge in [-0.3, -0.25) is 5.41 Å². The van der Waals surface area contributed by atoms with Gasteiger partial charge in [0, 0.05) is 13.5 Å². The Hall–Kier alpha value is -0.720. The molecule has 1 aliphatic heterocycles. The molecule has 5 nitrogen and oxygen atoms in total. The van der Waals surface area contributed by atoms with Crippen LogP contribution < -0.4 is 10.6 Å². The minimum atomic E-state index is -1.08. The van der Waals surface area contributed by atoms with Gasteiger partial charge in [-0.1, -0.05) is 0 Å². The van der Waals surface area contributed by atoms with Crippen LogP contribution in [0.1, 0.15) is 19.3 Å². The predicted octanol–water partition coefficient (Wildman–Crippen LogP) is -0.338. The van der Waals surface area contributed by atoms with E-state index in [2.05, 4.69) is 10.6 Å². The minimum Gasteiger partial charge on any atom is -0.611 e. The molecular formula is C10H17N3O2S. The molecule has 1 heterocycles. The van der Waals surface area contributed by atoms with E-state index in [0.717, 1.165) is 12.8 Å². The third kappa shape index (κ3) is 2.05. The van der Waals surface area contributed by atoms with Gasteiger partial charge < -0.3 is 20.3 Å². The molecule has 1 aliphatic carbocycles. The maximum absolute atomic E-state index is 11.7. The first kappa shape index (κ1) is 11.8. The van der Waals surface area contributed by atoms with Gasteiger partial charge in [0.05, 0.1) is 17.9 Å². The van der Waals surface area contributed by atoms with Crippen LogP contribution in [0, 0.1) is 5.41 Å². The molecule has 1 saturated carbocycles.